The average molecular weight is 509 g/mol. The van der Waals surface area contributed by atoms with Crippen molar-refractivity contribution in [2.75, 3.05) is 32.8 Å². The van der Waals surface area contributed by atoms with E-state index in [1.165, 1.54) is 11.0 Å². The van der Waals surface area contributed by atoms with Gasteiger partial charge in [0, 0.05) is 18.5 Å². The van der Waals surface area contributed by atoms with E-state index in [0.717, 1.165) is 30.9 Å². The van der Waals surface area contributed by atoms with Crippen molar-refractivity contribution in [3.05, 3.63) is 58.7 Å². The molecule has 2 aromatic rings. The summed E-state index contributed by atoms with van der Waals surface area (Å²) in [6.45, 7) is 11.2. The molecular formula is C29H36N2O6. The molecule has 0 bridgehead atoms. The highest BCUT2D eigenvalue weighted by atomic mass is 16.5. The lowest BCUT2D eigenvalue weighted by atomic mass is 9.94. The molecule has 8 nitrogen and oxygen atoms in total. The molecule has 1 saturated heterocycles. The SMILES string of the molecule is CCOc1cc([C@H]2C(=C(O)c3ccc4c(c3)C[C@H](C)O4)C(=O)C(=O)N2CCCN(CC)CC)ccc1O. The maximum atomic E-state index is 13.4. The Morgan fingerprint density at radius 3 is 2.59 bits per heavy atom. The fraction of sp³-hybridized carbons (Fsp3) is 0.448. The minimum absolute atomic E-state index is 0.0307. The third-order valence-electron chi connectivity index (χ3n) is 7.08. The van der Waals surface area contributed by atoms with E-state index in [4.69, 9.17) is 9.47 Å². The minimum Gasteiger partial charge on any atom is -0.507 e. The van der Waals surface area contributed by atoms with E-state index in [1.807, 2.05) is 19.9 Å². The molecule has 1 fully saturated rings. The topological polar surface area (TPSA) is 99.5 Å². The molecule has 0 unspecified atom stereocenters. The average Bonchev–Trinajstić information content (AvgIpc) is 3.38. The van der Waals surface area contributed by atoms with Crippen LogP contribution in [0.4, 0.5) is 0 Å². The van der Waals surface area contributed by atoms with Gasteiger partial charge in [0.25, 0.3) is 11.7 Å². The molecule has 0 aromatic heterocycles. The Morgan fingerprint density at radius 2 is 1.89 bits per heavy atom. The Hall–Kier alpha value is -3.52. The molecule has 2 aliphatic heterocycles. The second kappa shape index (κ2) is 11.3. The smallest absolute Gasteiger partial charge is 0.295 e. The number of hydrogen-bond donors (Lipinski definition) is 2. The molecule has 0 saturated carbocycles. The zero-order valence-electron chi connectivity index (χ0n) is 22.0. The van der Waals surface area contributed by atoms with Gasteiger partial charge in [0.15, 0.2) is 11.5 Å². The number of ether oxygens (including phenoxy) is 2. The summed E-state index contributed by atoms with van der Waals surface area (Å²) in [6.07, 6.45) is 1.42. The molecule has 2 N–H and O–H groups in total. The first kappa shape index (κ1) is 26.5. The van der Waals surface area contributed by atoms with Crippen molar-refractivity contribution in [1.82, 2.24) is 9.80 Å². The highest BCUT2D eigenvalue weighted by Gasteiger charge is 2.46. The van der Waals surface area contributed by atoms with E-state index in [9.17, 15) is 19.8 Å². The Balaban J connectivity index is 1.77. The molecule has 2 heterocycles. The molecule has 2 atom stereocenters. The van der Waals surface area contributed by atoms with Crippen molar-refractivity contribution in [2.24, 2.45) is 0 Å². The van der Waals surface area contributed by atoms with Gasteiger partial charge in [0.1, 0.15) is 17.6 Å². The van der Waals surface area contributed by atoms with Crippen LogP contribution in [-0.2, 0) is 16.0 Å². The van der Waals surface area contributed by atoms with Gasteiger partial charge in [-0.25, -0.2) is 0 Å². The van der Waals surface area contributed by atoms with Crippen molar-refractivity contribution in [3.63, 3.8) is 0 Å². The van der Waals surface area contributed by atoms with Gasteiger partial charge in [-0.05, 0) is 81.4 Å². The predicted octanol–water partition coefficient (Wildman–Crippen LogP) is 4.27. The number of amides is 1. The van der Waals surface area contributed by atoms with E-state index in [0.29, 0.717) is 37.1 Å². The number of carbonyl (C=O) groups excluding carboxylic acids is 2. The lowest BCUT2D eigenvalue weighted by molar-refractivity contribution is -0.140. The number of phenols is 1. The van der Waals surface area contributed by atoms with Crippen molar-refractivity contribution in [1.29, 1.82) is 0 Å². The Labute approximate surface area is 218 Å². The van der Waals surface area contributed by atoms with Crippen LogP contribution in [0.2, 0.25) is 0 Å². The van der Waals surface area contributed by atoms with E-state index in [-0.39, 0.29) is 28.9 Å². The summed E-state index contributed by atoms with van der Waals surface area (Å²) in [5.74, 6) is -0.591. The zero-order chi connectivity index (χ0) is 26.7. The van der Waals surface area contributed by atoms with Gasteiger partial charge in [-0.1, -0.05) is 19.9 Å². The summed E-state index contributed by atoms with van der Waals surface area (Å²) in [7, 11) is 0. The number of aliphatic hydroxyl groups excluding tert-OH is 1. The second-order valence-corrected chi connectivity index (χ2v) is 9.49. The lowest BCUT2D eigenvalue weighted by Crippen LogP contribution is -2.33. The number of rotatable bonds is 10. The highest BCUT2D eigenvalue weighted by molar-refractivity contribution is 6.46. The molecule has 0 aliphatic carbocycles. The van der Waals surface area contributed by atoms with E-state index in [2.05, 4.69) is 18.7 Å². The number of carbonyl (C=O) groups is 2. The van der Waals surface area contributed by atoms with Gasteiger partial charge in [-0.15, -0.1) is 0 Å². The van der Waals surface area contributed by atoms with Crippen LogP contribution in [0.15, 0.2) is 42.0 Å². The molecule has 0 spiro atoms. The van der Waals surface area contributed by atoms with E-state index in [1.54, 1.807) is 24.3 Å². The van der Waals surface area contributed by atoms with Crippen LogP contribution in [0, 0.1) is 0 Å². The molecule has 2 aromatic carbocycles. The first-order chi connectivity index (χ1) is 17.8. The Bertz CT molecular complexity index is 1200. The molecule has 1 amide bonds. The third-order valence-corrected chi connectivity index (χ3v) is 7.08. The van der Waals surface area contributed by atoms with Crippen LogP contribution in [0.25, 0.3) is 5.76 Å². The van der Waals surface area contributed by atoms with E-state index < -0.39 is 17.7 Å². The number of nitrogens with zero attached hydrogens (tertiary/aromatic N) is 2. The van der Waals surface area contributed by atoms with Crippen LogP contribution in [0.3, 0.4) is 0 Å². The number of aromatic hydroxyl groups is 1. The normalized spacial score (nSPS) is 20.4. The molecule has 198 valence electrons. The molecule has 4 rings (SSSR count). The van der Waals surface area contributed by atoms with Gasteiger partial charge < -0.3 is 29.5 Å². The quantitative estimate of drug-likeness (QED) is 0.281. The summed E-state index contributed by atoms with van der Waals surface area (Å²) in [5.41, 5.74) is 2.03. The fourth-order valence-electron chi connectivity index (χ4n) is 5.16. The molecule has 2 aliphatic rings. The number of aliphatic hydroxyl groups is 1. The first-order valence-electron chi connectivity index (χ1n) is 13.0. The standard InChI is InChI=1S/C29H36N2O6/c1-5-30(6-2)13-8-14-31-26(19-9-11-22(32)24(17-19)36-7-3)25(28(34)29(31)35)27(33)20-10-12-23-21(16-20)15-18(4)37-23/h9-12,16-18,26,32-33H,5-8,13-15H2,1-4H3/t18-,26-/m0/s1. The Morgan fingerprint density at radius 1 is 1.14 bits per heavy atom. The second-order valence-electron chi connectivity index (χ2n) is 9.49. The van der Waals surface area contributed by atoms with E-state index >= 15 is 0 Å². The maximum absolute atomic E-state index is 13.4. The zero-order valence-corrected chi connectivity index (χ0v) is 22.0. The minimum atomic E-state index is -0.806. The molecule has 8 heteroatoms. The van der Waals surface area contributed by atoms with Gasteiger partial charge in [0.2, 0.25) is 0 Å². The molecule has 0 radical (unpaired) electrons. The van der Waals surface area contributed by atoms with Crippen LogP contribution < -0.4 is 9.47 Å². The van der Waals surface area contributed by atoms with Crippen LogP contribution in [0.1, 0.15) is 56.8 Å². The summed E-state index contributed by atoms with van der Waals surface area (Å²) >= 11 is 0. The van der Waals surface area contributed by atoms with Gasteiger partial charge >= 0.3 is 0 Å². The van der Waals surface area contributed by atoms with Gasteiger partial charge in [-0.2, -0.15) is 0 Å². The number of Topliss-reactive ketones (excluding diaryl/α,β-unsaturated/α-hetero) is 1. The summed E-state index contributed by atoms with van der Waals surface area (Å²) < 4.78 is 11.3. The lowest BCUT2D eigenvalue weighted by Gasteiger charge is -2.27. The fourth-order valence-corrected chi connectivity index (χ4v) is 5.16. The highest BCUT2D eigenvalue weighted by Crippen LogP contribution is 2.42. The monoisotopic (exact) mass is 508 g/mol. The Kier molecular flexibility index (Phi) is 8.07. The summed E-state index contributed by atoms with van der Waals surface area (Å²) in [5, 5.41) is 21.7. The number of benzene rings is 2. The maximum Gasteiger partial charge on any atom is 0.295 e. The third kappa shape index (κ3) is 5.30. The number of hydrogen-bond acceptors (Lipinski definition) is 7. The predicted molar refractivity (Wildman–Crippen MR) is 141 cm³/mol. The van der Waals surface area contributed by atoms with Crippen LogP contribution in [0.5, 0.6) is 17.2 Å². The molecular weight excluding hydrogens is 472 g/mol. The van der Waals surface area contributed by atoms with Crippen molar-refractivity contribution < 1.29 is 29.3 Å². The van der Waals surface area contributed by atoms with Crippen LogP contribution >= 0.6 is 0 Å². The number of fused-ring (bicyclic) bond motifs is 1. The van der Waals surface area contributed by atoms with Crippen molar-refractivity contribution >= 4 is 17.4 Å². The first-order valence-corrected chi connectivity index (χ1v) is 13.0. The molecule has 37 heavy (non-hydrogen) atoms. The van der Waals surface area contributed by atoms with Crippen molar-refractivity contribution in [2.45, 2.75) is 52.7 Å². The number of likely N-dealkylation sites (tertiary alicyclic amines) is 1. The largest absolute Gasteiger partial charge is 0.507 e. The van der Waals surface area contributed by atoms with Crippen LogP contribution in [-0.4, -0.2) is 70.6 Å². The van der Waals surface area contributed by atoms with Gasteiger partial charge in [-0.3, -0.25) is 9.59 Å². The number of phenolic OH excluding ortho intramolecular Hbond substituents is 1. The van der Waals surface area contributed by atoms with Crippen molar-refractivity contribution in [3.8, 4) is 17.2 Å². The summed E-state index contributed by atoms with van der Waals surface area (Å²) in [6, 6.07) is 9.30. The summed E-state index contributed by atoms with van der Waals surface area (Å²) in [4.78, 5) is 30.4. The van der Waals surface area contributed by atoms with Gasteiger partial charge in [0.05, 0.1) is 18.2 Å². The number of ketones is 1.